The van der Waals surface area contributed by atoms with Crippen molar-refractivity contribution < 1.29 is 13.3 Å². The number of nitrogens with zero attached hydrogens (tertiary/aromatic N) is 1. The Kier molecular flexibility index (Phi) is 4.63. The minimum absolute atomic E-state index is 0.0858. The van der Waals surface area contributed by atoms with E-state index >= 15 is 0 Å². The number of aryl methyl sites for hydroxylation is 3. The third-order valence-corrected chi connectivity index (χ3v) is 5.33. The number of nitrogens with one attached hydrogen (secondary N) is 1. The summed E-state index contributed by atoms with van der Waals surface area (Å²) in [6, 6.07) is 7.23. The summed E-state index contributed by atoms with van der Waals surface area (Å²) in [4.78, 5) is 10.5. The van der Waals surface area contributed by atoms with E-state index in [1.54, 1.807) is 26.8 Å². The number of benzene rings is 2. The van der Waals surface area contributed by atoms with Crippen molar-refractivity contribution >= 4 is 33.0 Å². The van der Waals surface area contributed by atoms with E-state index in [0.717, 1.165) is 0 Å². The predicted molar refractivity (Wildman–Crippen MR) is 89.6 cm³/mol. The smallest absolute Gasteiger partial charge is 0.274 e. The molecule has 122 valence electrons. The van der Waals surface area contributed by atoms with Crippen molar-refractivity contribution in [3.05, 3.63) is 62.2 Å². The number of anilines is 1. The van der Waals surface area contributed by atoms with Crippen LogP contribution in [0.3, 0.4) is 0 Å². The molecule has 8 heteroatoms. The highest BCUT2D eigenvalue weighted by molar-refractivity contribution is 7.92. The molecular weight excluding hydrogens is 340 g/mol. The van der Waals surface area contributed by atoms with E-state index in [1.165, 1.54) is 24.3 Å². The molecule has 0 amide bonds. The van der Waals surface area contributed by atoms with Crippen LogP contribution in [0.5, 0.6) is 0 Å². The van der Waals surface area contributed by atoms with Gasteiger partial charge in [-0.05, 0) is 50.1 Å². The molecule has 0 fully saturated rings. The zero-order valence-corrected chi connectivity index (χ0v) is 14.3. The number of sulfonamides is 1. The van der Waals surface area contributed by atoms with Gasteiger partial charge in [-0.15, -0.1) is 0 Å². The number of hydrogen-bond acceptors (Lipinski definition) is 4. The van der Waals surface area contributed by atoms with Crippen molar-refractivity contribution in [2.45, 2.75) is 25.7 Å². The Hall–Kier alpha value is -2.12. The summed E-state index contributed by atoms with van der Waals surface area (Å²) in [7, 11) is -3.87. The summed E-state index contributed by atoms with van der Waals surface area (Å²) < 4.78 is 27.4. The molecule has 0 aromatic heterocycles. The van der Waals surface area contributed by atoms with Crippen LogP contribution in [-0.4, -0.2) is 13.3 Å². The molecule has 0 heterocycles. The summed E-state index contributed by atoms with van der Waals surface area (Å²) >= 11 is 5.98. The van der Waals surface area contributed by atoms with Crippen molar-refractivity contribution in [1.82, 2.24) is 0 Å². The first-order valence-electron chi connectivity index (χ1n) is 6.66. The average molecular weight is 355 g/mol. The molecule has 0 saturated carbocycles. The van der Waals surface area contributed by atoms with Crippen molar-refractivity contribution in [3.8, 4) is 0 Å². The summed E-state index contributed by atoms with van der Waals surface area (Å²) in [5.41, 5.74) is 1.57. The summed E-state index contributed by atoms with van der Waals surface area (Å²) in [5, 5.41) is 11.4. The summed E-state index contributed by atoms with van der Waals surface area (Å²) in [5.74, 6) is 0. The molecule has 2 rings (SSSR count). The molecule has 0 aliphatic heterocycles. The summed E-state index contributed by atoms with van der Waals surface area (Å²) in [6.45, 7) is 4.93. The summed E-state index contributed by atoms with van der Waals surface area (Å²) in [6.07, 6.45) is 0. The van der Waals surface area contributed by atoms with Gasteiger partial charge in [0.1, 0.15) is 0 Å². The molecule has 2 aromatic carbocycles. The first-order valence-corrected chi connectivity index (χ1v) is 8.52. The van der Waals surface area contributed by atoms with Crippen LogP contribution in [-0.2, 0) is 10.0 Å². The Morgan fingerprint density at radius 2 is 1.70 bits per heavy atom. The standard InChI is InChI=1S/C15H15ClN2O4S/c1-9-4-5-12(8-14(9)18(19)20)17-23(21,22)15-7-10(2)13(16)6-11(15)3/h4-8,17H,1-3H3. The minimum atomic E-state index is -3.87. The lowest BCUT2D eigenvalue weighted by atomic mass is 10.2. The van der Waals surface area contributed by atoms with Crippen molar-refractivity contribution in [3.63, 3.8) is 0 Å². The first-order chi connectivity index (χ1) is 10.6. The quantitative estimate of drug-likeness (QED) is 0.664. The van der Waals surface area contributed by atoms with Crippen molar-refractivity contribution in [2.24, 2.45) is 0 Å². The normalized spacial score (nSPS) is 11.3. The molecule has 0 atom stereocenters. The Morgan fingerprint density at radius 3 is 2.30 bits per heavy atom. The lowest BCUT2D eigenvalue weighted by molar-refractivity contribution is -0.385. The Labute approximate surface area is 139 Å². The lowest BCUT2D eigenvalue weighted by Crippen LogP contribution is -2.14. The van der Waals surface area contributed by atoms with Crippen LogP contribution in [0.25, 0.3) is 0 Å². The maximum Gasteiger partial charge on any atom is 0.274 e. The third kappa shape index (κ3) is 3.62. The van der Waals surface area contributed by atoms with Crippen LogP contribution < -0.4 is 4.72 Å². The fraction of sp³-hybridized carbons (Fsp3) is 0.200. The molecule has 6 nitrogen and oxygen atoms in total. The number of halogens is 1. The second-order valence-corrected chi connectivity index (χ2v) is 7.29. The van der Waals surface area contributed by atoms with Gasteiger partial charge in [-0.3, -0.25) is 14.8 Å². The molecule has 0 aliphatic rings. The van der Waals surface area contributed by atoms with Crippen LogP contribution >= 0.6 is 11.6 Å². The number of hydrogen-bond donors (Lipinski definition) is 1. The molecular formula is C15H15ClN2O4S. The number of nitro groups is 1. The van der Waals surface area contributed by atoms with Gasteiger partial charge in [0.15, 0.2) is 0 Å². The predicted octanol–water partition coefficient (Wildman–Crippen LogP) is 3.97. The molecule has 0 radical (unpaired) electrons. The molecule has 1 N–H and O–H groups in total. The topological polar surface area (TPSA) is 89.3 Å². The monoisotopic (exact) mass is 354 g/mol. The molecule has 2 aromatic rings. The molecule has 23 heavy (non-hydrogen) atoms. The zero-order valence-electron chi connectivity index (χ0n) is 12.8. The van der Waals surface area contributed by atoms with E-state index in [2.05, 4.69) is 4.72 Å². The number of rotatable bonds is 4. The van der Waals surface area contributed by atoms with E-state index < -0.39 is 14.9 Å². The average Bonchev–Trinajstić information content (AvgIpc) is 2.44. The Morgan fingerprint density at radius 1 is 1.04 bits per heavy atom. The van der Waals surface area contributed by atoms with E-state index in [1.807, 2.05) is 0 Å². The van der Waals surface area contributed by atoms with Gasteiger partial charge < -0.3 is 0 Å². The van der Waals surface area contributed by atoms with Crippen LogP contribution in [0.2, 0.25) is 5.02 Å². The molecule has 0 saturated heterocycles. The van der Waals surface area contributed by atoms with Gasteiger partial charge >= 0.3 is 0 Å². The van der Waals surface area contributed by atoms with Gasteiger partial charge in [-0.2, -0.15) is 0 Å². The lowest BCUT2D eigenvalue weighted by Gasteiger charge is -2.12. The van der Waals surface area contributed by atoms with Gasteiger partial charge in [0.05, 0.1) is 15.5 Å². The van der Waals surface area contributed by atoms with Crippen molar-refractivity contribution in [1.29, 1.82) is 0 Å². The van der Waals surface area contributed by atoms with Crippen LogP contribution in [0.15, 0.2) is 35.2 Å². The van der Waals surface area contributed by atoms with Crippen LogP contribution in [0.1, 0.15) is 16.7 Å². The number of nitro benzene ring substituents is 1. The zero-order chi connectivity index (χ0) is 17.4. The minimum Gasteiger partial charge on any atom is -0.279 e. The highest BCUT2D eigenvalue weighted by atomic mass is 35.5. The van der Waals surface area contributed by atoms with Gasteiger partial charge in [0.25, 0.3) is 15.7 Å². The van der Waals surface area contributed by atoms with Crippen molar-refractivity contribution in [2.75, 3.05) is 4.72 Å². The Balaban J connectivity index is 2.45. The van der Waals surface area contributed by atoms with Crippen LogP contribution in [0.4, 0.5) is 11.4 Å². The van der Waals surface area contributed by atoms with Gasteiger partial charge in [-0.1, -0.05) is 17.7 Å². The molecule has 0 spiro atoms. The maximum absolute atomic E-state index is 12.5. The molecule has 0 aliphatic carbocycles. The van der Waals surface area contributed by atoms with Gasteiger partial charge in [0, 0.05) is 16.7 Å². The Bertz CT molecular complexity index is 895. The van der Waals surface area contributed by atoms with E-state index in [-0.39, 0.29) is 16.3 Å². The van der Waals surface area contributed by atoms with Gasteiger partial charge in [0.2, 0.25) is 0 Å². The highest BCUT2D eigenvalue weighted by Crippen LogP contribution is 2.27. The van der Waals surface area contributed by atoms with Crippen LogP contribution in [0, 0.1) is 30.9 Å². The third-order valence-electron chi connectivity index (χ3n) is 3.40. The van der Waals surface area contributed by atoms with E-state index in [0.29, 0.717) is 21.7 Å². The fourth-order valence-corrected chi connectivity index (χ4v) is 3.70. The van der Waals surface area contributed by atoms with E-state index in [9.17, 15) is 18.5 Å². The second kappa shape index (κ2) is 6.17. The largest absolute Gasteiger partial charge is 0.279 e. The second-order valence-electron chi connectivity index (χ2n) is 5.23. The molecule has 0 bridgehead atoms. The SMILES string of the molecule is Cc1cc(S(=O)(=O)Nc2ccc(C)c([N+](=O)[O-])c2)c(C)cc1Cl. The van der Waals surface area contributed by atoms with Gasteiger partial charge in [-0.25, -0.2) is 8.42 Å². The maximum atomic E-state index is 12.5. The van der Waals surface area contributed by atoms with E-state index in [4.69, 9.17) is 11.6 Å². The fourth-order valence-electron chi connectivity index (χ4n) is 2.12. The first kappa shape index (κ1) is 17.2. The highest BCUT2D eigenvalue weighted by Gasteiger charge is 2.20. The molecule has 0 unspecified atom stereocenters.